The van der Waals surface area contributed by atoms with Gasteiger partial charge in [0.1, 0.15) is 0 Å². The van der Waals surface area contributed by atoms with Crippen LogP contribution in [0.5, 0.6) is 0 Å². The van der Waals surface area contributed by atoms with Gasteiger partial charge in [0.25, 0.3) is 0 Å². The van der Waals surface area contributed by atoms with Gasteiger partial charge in [-0.25, -0.2) is 0 Å². The summed E-state index contributed by atoms with van der Waals surface area (Å²) in [6.45, 7) is 6.90. The molecule has 0 radical (unpaired) electrons. The fourth-order valence-corrected chi connectivity index (χ4v) is 0.396. The lowest BCUT2D eigenvalue weighted by Gasteiger charge is -2.09. The molecule has 0 amide bonds. The van der Waals surface area contributed by atoms with E-state index in [2.05, 4.69) is 25.8 Å². The zero-order valence-corrected chi connectivity index (χ0v) is 6.39. The first-order chi connectivity index (χ1) is 4.06. The first-order valence-electron chi connectivity index (χ1n) is 3.18. The van der Waals surface area contributed by atoms with Crippen LogP contribution in [0.1, 0.15) is 20.8 Å². The van der Waals surface area contributed by atoms with Gasteiger partial charge in [0.05, 0.1) is 13.2 Å². The van der Waals surface area contributed by atoms with Crippen molar-refractivity contribution in [2.75, 3.05) is 13.2 Å². The molecule has 0 spiro atoms. The molecular weight excluding hydrogens is 114 g/mol. The highest BCUT2D eigenvalue weighted by Gasteiger charge is 2.03. The molecule has 54 valence electrons. The van der Waals surface area contributed by atoms with E-state index in [-0.39, 0.29) is 12.0 Å². The van der Waals surface area contributed by atoms with E-state index in [1.54, 1.807) is 0 Å². The number of aliphatic hydroxyl groups excluding tert-OH is 1. The van der Waals surface area contributed by atoms with Crippen molar-refractivity contribution in [1.82, 2.24) is 0 Å². The van der Waals surface area contributed by atoms with Gasteiger partial charge in [-0.15, -0.1) is 0 Å². The van der Waals surface area contributed by atoms with Crippen LogP contribution in [0.3, 0.4) is 0 Å². The highest BCUT2D eigenvalue weighted by molar-refractivity contribution is 5.63. The molecule has 0 aliphatic carbocycles. The number of hydrogen-bond donors (Lipinski definition) is 1. The van der Waals surface area contributed by atoms with Crippen LogP contribution in [0.4, 0.5) is 0 Å². The summed E-state index contributed by atoms with van der Waals surface area (Å²) in [4.78, 5) is 3.99. The first-order valence-corrected chi connectivity index (χ1v) is 3.18. The van der Waals surface area contributed by atoms with Crippen molar-refractivity contribution in [3.8, 4) is 0 Å². The normalized spacial score (nSPS) is 12.9. The van der Waals surface area contributed by atoms with Crippen molar-refractivity contribution in [3.05, 3.63) is 0 Å². The Morgan fingerprint density at radius 1 is 1.44 bits per heavy atom. The molecule has 0 fully saturated rings. The van der Waals surface area contributed by atoms with Gasteiger partial charge in [0.15, 0.2) is 0 Å². The third-order valence-corrected chi connectivity index (χ3v) is 0.708. The average Bonchev–Trinajstić information content (AvgIpc) is 1.63. The molecule has 0 unspecified atom stereocenters. The molecule has 0 rings (SSSR count). The van der Waals surface area contributed by atoms with Gasteiger partial charge in [-0.1, -0.05) is 20.8 Å². The van der Waals surface area contributed by atoms with Gasteiger partial charge in [-0.3, -0.25) is 4.99 Å². The second-order valence-corrected chi connectivity index (χ2v) is 3.12. The molecule has 0 aromatic carbocycles. The molecule has 0 atom stereocenters. The molecule has 9 heavy (non-hydrogen) atoms. The van der Waals surface area contributed by atoms with Crippen LogP contribution in [-0.2, 0) is 0 Å². The fraction of sp³-hybridized carbons (Fsp3) is 0.857. The van der Waals surface area contributed by atoms with E-state index in [0.717, 1.165) is 0 Å². The smallest absolute Gasteiger partial charge is 0.0626 e. The van der Waals surface area contributed by atoms with Gasteiger partial charge >= 0.3 is 0 Å². The highest BCUT2D eigenvalue weighted by Crippen LogP contribution is 2.07. The third kappa shape index (κ3) is 7.63. The van der Waals surface area contributed by atoms with E-state index in [9.17, 15) is 0 Å². The third-order valence-electron chi connectivity index (χ3n) is 0.708. The molecule has 0 saturated heterocycles. The number of nitrogens with zero attached hydrogens (tertiary/aromatic N) is 1. The van der Waals surface area contributed by atoms with Crippen molar-refractivity contribution in [1.29, 1.82) is 0 Å². The Hall–Kier alpha value is -0.370. The predicted molar refractivity (Wildman–Crippen MR) is 39.9 cm³/mol. The van der Waals surface area contributed by atoms with Crippen LogP contribution in [0.15, 0.2) is 4.99 Å². The van der Waals surface area contributed by atoms with Crippen molar-refractivity contribution >= 4 is 6.21 Å². The molecule has 0 aromatic rings. The number of rotatable bonds is 2. The lowest BCUT2D eigenvalue weighted by atomic mass is 9.99. The lowest BCUT2D eigenvalue weighted by molar-refractivity contribution is 0.306. The Bertz CT molecular complexity index is 91.6. The van der Waals surface area contributed by atoms with Crippen molar-refractivity contribution in [3.63, 3.8) is 0 Å². The molecule has 1 N–H and O–H groups in total. The van der Waals surface area contributed by atoms with Crippen LogP contribution in [0.2, 0.25) is 0 Å². The number of aliphatic imine (C=N–C) groups is 1. The zero-order valence-electron chi connectivity index (χ0n) is 6.39. The Morgan fingerprint density at radius 3 is 2.33 bits per heavy atom. The van der Waals surface area contributed by atoms with Crippen molar-refractivity contribution < 1.29 is 5.11 Å². The quantitative estimate of drug-likeness (QED) is 0.556. The van der Waals surface area contributed by atoms with Gasteiger partial charge in [-0.2, -0.15) is 0 Å². The van der Waals surface area contributed by atoms with Crippen molar-refractivity contribution in [2.45, 2.75) is 20.8 Å². The predicted octanol–water partition coefficient (Wildman–Crippen LogP) is 1.10. The maximum Gasteiger partial charge on any atom is 0.0626 e. The molecule has 0 aromatic heterocycles. The molecule has 0 aliphatic rings. The van der Waals surface area contributed by atoms with E-state index >= 15 is 0 Å². The Morgan fingerprint density at radius 2 is 2.00 bits per heavy atom. The van der Waals surface area contributed by atoms with Gasteiger partial charge < -0.3 is 5.11 Å². The SMILES string of the molecule is CC(C)(C)/C=N/CCO. The first kappa shape index (κ1) is 8.63. The molecule has 0 bridgehead atoms. The minimum Gasteiger partial charge on any atom is -0.394 e. The van der Waals surface area contributed by atoms with Gasteiger partial charge in [0.2, 0.25) is 0 Å². The molecular formula is C7H15NO. The van der Waals surface area contributed by atoms with Gasteiger partial charge in [-0.05, 0) is 5.41 Å². The summed E-state index contributed by atoms with van der Waals surface area (Å²) in [5.74, 6) is 0. The average molecular weight is 129 g/mol. The van der Waals surface area contributed by atoms with Crippen LogP contribution in [-0.4, -0.2) is 24.5 Å². The van der Waals surface area contributed by atoms with Crippen LogP contribution >= 0.6 is 0 Å². The maximum absolute atomic E-state index is 8.35. The summed E-state index contributed by atoms with van der Waals surface area (Å²) in [5.41, 5.74) is 0.148. The van der Waals surface area contributed by atoms with E-state index in [0.29, 0.717) is 6.54 Å². The highest BCUT2D eigenvalue weighted by atomic mass is 16.3. The van der Waals surface area contributed by atoms with Gasteiger partial charge in [0, 0.05) is 6.21 Å². The molecule has 0 heterocycles. The summed E-state index contributed by atoms with van der Waals surface area (Å²) < 4.78 is 0. The summed E-state index contributed by atoms with van der Waals surface area (Å²) >= 11 is 0. The lowest BCUT2D eigenvalue weighted by Crippen LogP contribution is -2.06. The minimum absolute atomic E-state index is 0.145. The standard InChI is InChI=1S/C7H15NO/c1-7(2,3)6-8-4-5-9/h6,9H,4-5H2,1-3H3/b8-6+. The second-order valence-electron chi connectivity index (χ2n) is 3.12. The molecule has 0 aliphatic heterocycles. The van der Waals surface area contributed by atoms with E-state index in [1.807, 2.05) is 6.21 Å². The monoisotopic (exact) mass is 129 g/mol. The summed E-state index contributed by atoms with van der Waals surface area (Å²) in [6, 6.07) is 0. The van der Waals surface area contributed by atoms with E-state index in [1.165, 1.54) is 0 Å². The fourth-order valence-electron chi connectivity index (χ4n) is 0.396. The summed E-state index contributed by atoms with van der Waals surface area (Å²) in [7, 11) is 0. The summed E-state index contributed by atoms with van der Waals surface area (Å²) in [6.07, 6.45) is 1.86. The number of aliphatic hydroxyl groups is 1. The second kappa shape index (κ2) is 3.62. The maximum atomic E-state index is 8.35. The van der Waals surface area contributed by atoms with Crippen molar-refractivity contribution in [2.24, 2.45) is 10.4 Å². The van der Waals surface area contributed by atoms with Crippen LogP contribution < -0.4 is 0 Å². The topological polar surface area (TPSA) is 32.6 Å². The van der Waals surface area contributed by atoms with E-state index in [4.69, 9.17) is 5.11 Å². The van der Waals surface area contributed by atoms with E-state index < -0.39 is 0 Å². The molecule has 2 nitrogen and oxygen atoms in total. The Kier molecular flexibility index (Phi) is 3.47. The largest absolute Gasteiger partial charge is 0.394 e. The Balaban J connectivity index is 3.45. The van der Waals surface area contributed by atoms with Crippen LogP contribution in [0.25, 0.3) is 0 Å². The number of hydrogen-bond acceptors (Lipinski definition) is 2. The minimum atomic E-state index is 0.145. The summed E-state index contributed by atoms with van der Waals surface area (Å²) in [5, 5.41) is 8.35. The Labute approximate surface area is 56.6 Å². The van der Waals surface area contributed by atoms with Crippen LogP contribution in [0, 0.1) is 5.41 Å². The zero-order chi connectivity index (χ0) is 7.33. The molecule has 2 heteroatoms. The molecule has 0 saturated carbocycles.